The predicted molar refractivity (Wildman–Crippen MR) is 75.2 cm³/mol. The number of nitrogens with zero attached hydrogens (tertiary/aromatic N) is 2. The van der Waals surface area contributed by atoms with E-state index in [0.717, 1.165) is 17.1 Å². The van der Waals surface area contributed by atoms with Gasteiger partial charge in [-0.3, -0.25) is 9.48 Å². The zero-order chi connectivity index (χ0) is 14.6. The quantitative estimate of drug-likeness (QED) is 0.816. The third-order valence-electron chi connectivity index (χ3n) is 3.09. The smallest absolute Gasteiger partial charge is 0.227 e. The van der Waals surface area contributed by atoms with Gasteiger partial charge < -0.3 is 15.8 Å². The number of nitrogens with two attached hydrogens (primary N) is 1. The van der Waals surface area contributed by atoms with Gasteiger partial charge in [0.2, 0.25) is 5.91 Å². The summed E-state index contributed by atoms with van der Waals surface area (Å²) in [5.74, 6) is -0.105. The molecular weight excluding hydrogens is 244 g/mol. The summed E-state index contributed by atoms with van der Waals surface area (Å²) in [6.07, 6.45) is -0.000552. The number of hydrogen-bond donors (Lipinski definition) is 2. The average Bonchev–Trinajstić information content (AvgIpc) is 2.64. The van der Waals surface area contributed by atoms with Crippen LogP contribution < -0.4 is 11.1 Å². The Balaban J connectivity index is 2.80. The van der Waals surface area contributed by atoms with E-state index in [2.05, 4.69) is 24.3 Å². The molecule has 1 unspecified atom stereocenters. The highest BCUT2D eigenvalue weighted by Gasteiger charge is 2.17. The molecule has 0 aromatic carbocycles. The van der Waals surface area contributed by atoms with E-state index in [-0.39, 0.29) is 24.5 Å². The third kappa shape index (κ3) is 3.78. The van der Waals surface area contributed by atoms with Crippen molar-refractivity contribution in [3.05, 3.63) is 11.4 Å². The van der Waals surface area contributed by atoms with Gasteiger partial charge in [0, 0.05) is 19.7 Å². The molecule has 0 saturated carbocycles. The number of amides is 1. The number of hydrogen-bond acceptors (Lipinski definition) is 4. The van der Waals surface area contributed by atoms with Crippen LogP contribution in [0.2, 0.25) is 0 Å². The number of aryl methyl sites for hydroxylation is 1. The molecular formula is C13H24N4O2. The number of ether oxygens (including phenoxy) is 1. The minimum atomic E-state index is -0.249. The van der Waals surface area contributed by atoms with E-state index < -0.39 is 0 Å². The van der Waals surface area contributed by atoms with Crippen LogP contribution in [0.5, 0.6) is 0 Å². The number of carbonyl (C=O) groups is 1. The second-order valence-electron chi connectivity index (χ2n) is 4.93. The highest BCUT2D eigenvalue weighted by atomic mass is 16.5. The van der Waals surface area contributed by atoms with Gasteiger partial charge in [-0.15, -0.1) is 0 Å². The van der Waals surface area contributed by atoms with Crippen molar-refractivity contribution in [3.8, 4) is 0 Å². The number of anilines is 1. The maximum Gasteiger partial charge on any atom is 0.227 e. The maximum atomic E-state index is 11.9. The van der Waals surface area contributed by atoms with Crippen molar-refractivity contribution >= 4 is 11.6 Å². The largest absolute Gasteiger partial charge is 0.380 e. The first-order chi connectivity index (χ1) is 8.90. The Hall–Kier alpha value is -1.40. The van der Waals surface area contributed by atoms with E-state index >= 15 is 0 Å². The number of carbonyl (C=O) groups excluding carboxylic acids is 1. The molecule has 0 saturated heterocycles. The van der Waals surface area contributed by atoms with Crippen molar-refractivity contribution in [1.82, 2.24) is 9.78 Å². The van der Waals surface area contributed by atoms with Gasteiger partial charge in [0.1, 0.15) is 0 Å². The summed E-state index contributed by atoms with van der Waals surface area (Å²) in [6, 6.07) is 0.264. The molecule has 0 fully saturated rings. The van der Waals surface area contributed by atoms with E-state index in [1.54, 1.807) is 7.11 Å². The van der Waals surface area contributed by atoms with Gasteiger partial charge >= 0.3 is 0 Å². The summed E-state index contributed by atoms with van der Waals surface area (Å²) in [5.41, 5.74) is 8.07. The molecule has 1 heterocycles. The summed E-state index contributed by atoms with van der Waals surface area (Å²) >= 11 is 0. The van der Waals surface area contributed by atoms with Gasteiger partial charge in [-0.05, 0) is 27.7 Å². The van der Waals surface area contributed by atoms with Gasteiger partial charge in [0.15, 0.2) is 0 Å². The fourth-order valence-corrected chi connectivity index (χ4v) is 2.01. The lowest BCUT2D eigenvalue weighted by Crippen LogP contribution is -2.28. The second kappa shape index (κ2) is 6.68. The molecule has 3 N–H and O–H groups in total. The fourth-order valence-electron chi connectivity index (χ4n) is 2.01. The minimum absolute atomic E-state index is 0.105. The topological polar surface area (TPSA) is 82.2 Å². The summed E-state index contributed by atoms with van der Waals surface area (Å²) in [7, 11) is 1.55. The monoisotopic (exact) mass is 268 g/mol. The van der Waals surface area contributed by atoms with Crippen LogP contribution in [0, 0.1) is 13.8 Å². The Morgan fingerprint density at radius 2 is 2.11 bits per heavy atom. The van der Waals surface area contributed by atoms with Gasteiger partial charge in [0.25, 0.3) is 0 Å². The van der Waals surface area contributed by atoms with Crippen molar-refractivity contribution in [3.63, 3.8) is 0 Å². The second-order valence-corrected chi connectivity index (χ2v) is 4.93. The molecule has 6 nitrogen and oxygen atoms in total. The summed E-state index contributed by atoms with van der Waals surface area (Å²) in [6.45, 7) is 8.28. The van der Waals surface area contributed by atoms with Crippen LogP contribution in [0.4, 0.5) is 5.69 Å². The molecule has 0 aliphatic heterocycles. The molecule has 0 aliphatic carbocycles. The van der Waals surface area contributed by atoms with Crippen LogP contribution in [0.1, 0.15) is 37.7 Å². The lowest BCUT2D eigenvalue weighted by atomic mass is 10.2. The molecule has 0 aliphatic rings. The Kier molecular flexibility index (Phi) is 5.50. The van der Waals surface area contributed by atoms with Gasteiger partial charge in [0.05, 0.1) is 29.6 Å². The van der Waals surface area contributed by atoms with E-state index in [4.69, 9.17) is 10.5 Å². The van der Waals surface area contributed by atoms with E-state index in [1.807, 2.05) is 18.5 Å². The predicted octanol–water partition coefficient (Wildman–Crippen LogP) is 1.38. The SMILES string of the molecule is COC(CN)CC(=O)Nc1c(C)nn(C(C)C)c1C. The first kappa shape index (κ1) is 15.7. The molecule has 1 rings (SSSR count). The molecule has 1 aromatic heterocycles. The first-order valence-corrected chi connectivity index (χ1v) is 6.49. The first-order valence-electron chi connectivity index (χ1n) is 6.49. The molecule has 1 aromatic rings. The van der Waals surface area contributed by atoms with Crippen LogP contribution in [0.3, 0.4) is 0 Å². The lowest BCUT2D eigenvalue weighted by molar-refractivity contribution is -0.118. The maximum absolute atomic E-state index is 11.9. The molecule has 108 valence electrons. The summed E-state index contributed by atoms with van der Waals surface area (Å²) in [5, 5.41) is 7.32. The van der Waals surface area contributed by atoms with Crippen LogP contribution >= 0.6 is 0 Å². The minimum Gasteiger partial charge on any atom is -0.380 e. The summed E-state index contributed by atoms with van der Waals surface area (Å²) < 4.78 is 7.01. The van der Waals surface area contributed by atoms with Crippen molar-refractivity contribution < 1.29 is 9.53 Å². The molecule has 0 bridgehead atoms. The molecule has 19 heavy (non-hydrogen) atoms. The molecule has 6 heteroatoms. The van der Waals surface area contributed by atoms with Crippen molar-refractivity contribution in [2.24, 2.45) is 5.73 Å². The van der Waals surface area contributed by atoms with Crippen LogP contribution in [0.15, 0.2) is 0 Å². The molecule has 0 spiro atoms. The fraction of sp³-hybridized carbons (Fsp3) is 0.692. The molecule has 1 amide bonds. The normalized spacial score (nSPS) is 12.8. The zero-order valence-corrected chi connectivity index (χ0v) is 12.4. The van der Waals surface area contributed by atoms with Crippen molar-refractivity contribution in [2.75, 3.05) is 19.0 Å². The third-order valence-corrected chi connectivity index (χ3v) is 3.09. The van der Waals surface area contributed by atoms with Crippen LogP contribution in [-0.4, -0.2) is 35.4 Å². The Bertz CT molecular complexity index is 436. The highest BCUT2D eigenvalue weighted by molar-refractivity contribution is 5.92. The number of methoxy groups -OCH3 is 1. The van der Waals surface area contributed by atoms with Crippen LogP contribution in [0.25, 0.3) is 0 Å². The zero-order valence-electron chi connectivity index (χ0n) is 12.4. The van der Waals surface area contributed by atoms with Crippen molar-refractivity contribution in [2.45, 2.75) is 46.3 Å². The van der Waals surface area contributed by atoms with Crippen LogP contribution in [-0.2, 0) is 9.53 Å². The van der Waals surface area contributed by atoms with Gasteiger partial charge in [-0.1, -0.05) is 0 Å². The van der Waals surface area contributed by atoms with Crippen molar-refractivity contribution in [1.29, 1.82) is 0 Å². The number of aromatic nitrogens is 2. The lowest BCUT2D eigenvalue weighted by Gasteiger charge is -2.13. The van der Waals surface area contributed by atoms with E-state index in [9.17, 15) is 4.79 Å². The number of rotatable bonds is 6. The molecule has 1 atom stereocenters. The van der Waals surface area contributed by atoms with E-state index in [1.165, 1.54) is 0 Å². The van der Waals surface area contributed by atoms with Gasteiger partial charge in [-0.25, -0.2) is 0 Å². The number of nitrogens with one attached hydrogen (secondary N) is 1. The Morgan fingerprint density at radius 3 is 2.53 bits per heavy atom. The molecule has 0 radical (unpaired) electrons. The average molecular weight is 268 g/mol. The standard InChI is InChI=1S/C13H24N4O2/c1-8(2)17-10(4)13(9(3)16-17)15-12(18)6-11(7-14)19-5/h8,11H,6-7,14H2,1-5H3,(H,15,18). The summed E-state index contributed by atoms with van der Waals surface area (Å²) in [4.78, 5) is 11.9. The van der Waals surface area contributed by atoms with E-state index in [0.29, 0.717) is 6.54 Å². The highest BCUT2D eigenvalue weighted by Crippen LogP contribution is 2.22. The Labute approximate surface area is 114 Å². The Morgan fingerprint density at radius 1 is 1.47 bits per heavy atom. The van der Waals surface area contributed by atoms with Gasteiger partial charge in [-0.2, -0.15) is 5.10 Å².